The summed E-state index contributed by atoms with van der Waals surface area (Å²) >= 11 is 2.05. The number of thioether (sulfide) groups is 1. The average molecular weight is 209 g/mol. The van der Waals surface area contributed by atoms with Crippen molar-refractivity contribution in [1.82, 2.24) is 10.2 Å². The van der Waals surface area contributed by atoms with Crippen molar-refractivity contribution in [1.29, 1.82) is 0 Å². The lowest BCUT2D eigenvalue weighted by Gasteiger charge is -2.09. The largest absolute Gasteiger partial charge is 0.367 e. The van der Waals surface area contributed by atoms with Crippen LogP contribution in [-0.2, 0) is 0 Å². The smallest absolute Gasteiger partial charge is 0.148 e. The van der Waals surface area contributed by atoms with Gasteiger partial charge in [0.15, 0.2) is 0 Å². The predicted octanol–water partition coefficient (Wildman–Crippen LogP) is 2.09. The van der Waals surface area contributed by atoms with Crippen LogP contribution in [0.1, 0.15) is 18.5 Å². The molecule has 4 heteroatoms. The van der Waals surface area contributed by atoms with E-state index in [0.717, 1.165) is 23.3 Å². The van der Waals surface area contributed by atoms with E-state index in [4.69, 9.17) is 0 Å². The Morgan fingerprint density at radius 3 is 3.07 bits per heavy atom. The number of nitrogens with one attached hydrogen (secondary N) is 1. The van der Waals surface area contributed by atoms with Gasteiger partial charge in [0, 0.05) is 11.8 Å². The zero-order valence-corrected chi connectivity index (χ0v) is 9.18. The molecule has 1 aliphatic heterocycles. The van der Waals surface area contributed by atoms with Crippen molar-refractivity contribution in [3.8, 4) is 0 Å². The maximum Gasteiger partial charge on any atom is 0.148 e. The molecule has 0 saturated carbocycles. The summed E-state index contributed by atoms with van der Waals surface area (Å²) < 4.78 is 0. The van der Waals surface area contributed by atoms with Gasteiger partial charge < -0.3 is 5.32 Å². The minimum absolute atomic E-state index is 0.762. The van der Waals surface area contributed by atoms with E-state index < -0.39 is 0 Å². The molecule has 1 saturated heterocycles. The Labute approximate surface area is 88.7 Å². The quantitative estimate of drug-likeness (QED) is 0.827. The van der Waals surface area contributed by atoms with E-state index in [1.165, 1.54) is 18.6 Å². The van der Waals surface area contributed by atoms with Crippen molar-refractivity contribution in [2.24, 2.45) is 0 Å². The Kier molecular flexibility index (Phi) is 3.24. The first-order chi connectivity index (χ1) is 6.84. The van der Waals surface area contributed by atoms with Gasteiger partial charge in [-0.05, 0) is 37.7 Å². The van der Waals surface area contributed by atoms with E-state index in [-0.39, 0.29) is 0 Å². The predicted molar refractivity (Wildman–Crippen MR) is 60.7 cm³/mol. The molecule has 2 heterocycles. The summed E-state index contributed by atoms with van der Waals surface area (Å²) in [5.41, 5.74) is 0.964. The van der Waals surface area contributed by atoms with Gasteiger partial charge in [-0.15, -0.1) is 5.10 Å². The summed E-state index contributed by atoms with van der Waals surface area (Å²) in [5.74, 6) is 2.20. The van der Waals surface area contributed by atoms with Crippen molar-refractivity contribution in [3.63, 3.8) is 0 Å². The molecular weight excluding hydrogens is 194 g/mol. The second kappa shape index (κ2) is 4.64. The lowest BCUT2D eigenvalue weighted by atomic mass is 10.2. The van der Waals surface area contributed by atoms with Crippen LogP contribution in [0.4, 0.5) is 5.82 Å². The molecule has 0 bridgehead atoms. The fourth-order valence-corrected chi connectivity index (χ4v) is 2.72. The molecule has 2 rings (SSSR count). The number of hydrogen-bond acceptors (Lipinski definition) is 4. The van der Waals surface area contributed by atoms with Crippen molar-refractivity contribution >= 4 is 17.6 Å². The minimum atomic E-state index is 0.762. The first-order valence-corrected chi connectivity index (χ1v) is 6.05. The van der Waals surface area contributed by atoms with Gasteiger partial charge in [-0.3, -0.25) is 0 Å². The molecule has 1 fully saturated rings. The number of anilines is 1. The van der Waals surface area contributed by atoms with Crippen LogP contribution < -0.4 is 5.32 Å². The van der Waals surface area contributed by atoms with Crippen LogP contribution in [0, 0.1) is 6.92 Å². The summed E-state index contributed by atoms with van der Waals surface area (Å²) in [6.07, 6.45) is 2.69. The van der Waals surface area contributed by atoms with Crippen LogP contribution in [0.3, 0.4) is 0 Å². The minimum Gasteiger partial charge on any atom is -0.367 e. The van der Waals surface area contributed by atoms with E-state index in [9.17, 15) is 0 Å². The second-order valence-electron chi connectivity index (χ2n) is 3.58. The molecule has 0 radical (unpaired) electrons. The Bertz CT molecular complexity index is 280. The molecule has 1 aliphatic rings. The maximum absolute atomic E-state index is 4.07. The lowest BCUT2D eigenvalue weighted by molar-refractivity contribution is 0.800. The Morgan fingerprint density at radius 1 is 1.50 bits per heavy atom. The van der Waals surface area contributed by atoms with Gasteiger partial charge in [0.25, 0.3) is 0 Å². The van der Waals surface area contributed by atoms with Crippen LogP contribution in [0.25, 0.3) is 0 Å². The normalized spacial score (nSPS) is 21.1. The first-order valence-electron chi connectivity index (χ1n) is 5.00. The monoisotopic (exact) mass is 209 g/mol. The molecule has 0 aromatic carbocycles. The average Bonchev–Trinajstić information content (AvgIpc) is 2.70. The van der Waals surface area contributed by atoms with Gasteiger partial charge in [0.2, 0.25) is 0 Å². The highest BCUT2D eigenvalue weighted by Gasteiger charge is 2.14. The van der Waals surface area contributed by atoms with Crippen LogP contribution in [0.2, 0.25) is 0 Å². The van der Waals surface area contributed by atoms with Crippen molar-refractivity contribution in [2.45, 2.75) is 25.0 Å². The van der Waals surface area contributed by atoms with E-state index in [0.29, 0.717) is 0 Å². The molecule has 0 aliphatic carbocycles. The third-order valence-electron chi connectivity index (χ3n) is 2.33. The van der Waals surface area contributed by atoms with Gasteiger partial charge in [-0.1, -0.05) is 0 Å². The molecule has 1 N–H and O–H groups in total. The van der Waals surface area contributed by atoms with Crippen molar-refractivity contribution in [3.05, 3.63) is 17.8 Å². The topological polar surface area (TPSA) is 37.8 Å². The van der Waals surface area contributed by atoms with Gasteiger partial charge >= 0.3 is 0 Å². The van der Waals surface area contributed by atoms with E-state index in [2.05, 4.69) is 27.3 Å². The Hall–Kier alpha value is -0.770. The Balaban J connectivity index is 1.82. The highest BCUT2D eigenvalue weighted by atomic mass is 32.2. The SMILES string of the molecule is Cc1ccc(NCC2CCCS2)nn1. The van der Waals surface area contributed by atoms with E-state index in [1.807, 2.05) is 19.1 Å². The molecule has 1 aromatic rings. The molecule has 1 atom stereocenters. The maximum atomic E-state index is 4.07. The van der Waals surface area contributed by atoms with Crippen molar-refractivity contribution in [2.75, 3.05) is 17.6 Å². The highest BCUT2D eigenvalue weighted by Crippen LogP contribution is 2.25. The van der Waals surface area contributed by atoms with Crippen LogP contribution >= 0.6 is 11.8 Å². The summed E-state index contributed by atoms with van der Waals surface area (Å²) in [6.45, 7) is 2.96. The number of nitrogens with zero attached hydrogens (tertiary/aromatic N) is 2. The van der Waals surface area contributed by atoms with Crippen LogP contribution in [0.5, 0.6) is 0 Å². The highest BCUT2D eigenvalue weighted by molar-refractivity contribution is 8.00. The van der Waals surface area contributed by atoms with Crippen molar-refractivity contribution < 1.29 is 0 Å². The van der Waals surface area contributed by atoms with Gasteiger partial charge in [0.1, 0.15) is 5.82 Å². The van der Waals surface area contributed by atoms with Crippen LogP contribution in [-0.4, -0.2) is 27.7 Å². The molecule has 76 valence electrons. The third kappa shape index (κ3) is 2.61. The third-order valence-corrected chi connectivity index (χ3v) is 3.73. The fourth-order valence-electron chi connectivity index (χ4n) is 1.52. The standard InChI is InChI=1S/C10H15N3S/c1-8-4-5-10(13-12-8)11-7-9-3-2-6-14-9/h4-5,9H,2-3,6-7H2,1H3,(H,11,13). The number of rotatable bonds is 3. The number of hydrogen-bond donors (Lipinski definition) is 1. The fraction of sp³-hybridized carbons (Fsp3) is 0.600. The second-order valence-corrected chi connectivity index (χ2v) is 4.98. The van der Waals surface area contributed by atoms with Gasteiger partial charge in [0.05, 0.1) is 5.69 Å². The summed E-state index contributed by atoms with van der Waals surface area (Å²) in [6, 6.07) is 3.97. The molecule has 1 aromatic heterocycles. The summed E-state index contributed by atoms with van der Waals surface area (Å²) in [7, 11) is 0. The summed E-state index contributed by atoms with van der Waals surface area (Å²) in [5, 5.41) is 12.2. The lowest BCUT2D eigenvalue weighted by Crippen LogP contribution is -2.14. The van der Waals surface area contributed by atoms with E-state index in [1.54, 1.807) is 0 Å². The molecule has 0 amide bonds. The zero-order chi connectivity index (χ0) is 9.80. The molecule has 3 nitrogen and oxygen atoms in total. The molecule has 14 heavy (non-hydrogen) atoms. The van der Waals surface area contributed by atoms with Gasteiger partial charge in [-0.2, -0.15) is 16.9 Å². The summed E-state index contributed by atoms with van der Waals surface area (Å²) in [4.78, 5) is 0. The van der Waals surface area contributed by atoms with E-state index >= 15 is 0 Å². The molecular formula is C10H15N3S. The Morgan fingerprint density at radius 2 is 2.43 bits per heavy atom. The number of aryl methyl sites for hydroxylation is 1. The molecule has 1 unspecified atom stereocenters. The number of aromatic nitrogens is 2. The van der Waals surface area contributed by atoms with Gasteiger partial charge in [-0.25, -0.2) is 0 Å². The van der Waals surface area contributed by atoms with Crippen LogP contribution in [0.15, 0.2) is 12.1 Å². The zero-order valence-electron chi connectivity index (χ0n) is 8.36. The first kappa shape index (κ1) is 9.77. The molecule has 0 spiro atoms.